The van der Waals surface area contributed by atoms with Gasteiger partial charge in [0.25, 0.3) is 6.43 Å². The van der Waals surface area contributed by atoms with Crippen LogP contribution in [0.5, 0.6) is 0 Å². The van der Waals surface area contributed by atoms with Gasteiger partial charge in [0.1, 0.15) is 5.65 Å². The van der Waals surface area contributed by atoms with Gasteiger partial charge in [0, 0.05) is 23.1 Å². The molecule has 2 rings (SSSR count). The molecule has 0 aromatic carbocycles. The first-order chi connectivity index (χ1) is 7.61. The van der Waals surface area contributed by atoms with Gasteiger partial charge in [0.2, 0.25) is 0 Å². The summed E-state index contributed by atoms with van der Waals surface area (Å²) in [5.41, 5.74) is 0.550. The monoisotopic (exact) mass is 290 g/mol. The Morgan fingerprint density at radius 1 is 1.38 bits per heavy atom. The third-order valence-electron chi connectivity index (χ3n) is 2.14. The molecule has 2 aromatic heterocycles. The molecule has 2 nitrogen and oxygen atoms in total. The van der Waals surface area contributed by atoms with E-state index in [1.165, 1.54) is 10.6 Å². The van der Waals surface area contributed by atoms with E-state index >= 15 is 0 Å². The minimum Gasteiger partial charge on any atom is -0.328 e. The van der Waals surface area contributed by atoms with E-state index in [-0.39, 0.29) is 5.69 Å². The molecule has 0 radical (unpaired) electrons. The summed E-state index contributed by atoms with van der Waals surface area (Å²) in [6.07, 6.45) is -0.886. The normalized spacial score (nSPS) is 10.4. The molecule has 0 fully saturated rings. The molecule has 88 valence electrons. The van der Waals surface area contributed by atoms with Crippen molar-refractivity contribution >= 4 is 27.0 Å². The lowest BCUT2D eigenvalue weighted by Crippen LogP contribution is -1.96. The lowest BCUT2D eigenvalue weighted by Gasteiger charge is -2.00. The maximum Gasteiger partial charge on any atom is 0.278 e. The van der Waals surface area contributed by atoms with Crippen LogP contribution in [0.15, 0.2) is 22.8 Å². The highest BCUT2D eigenvalue weighted by atomic mass is 79.9. The second-order valence-electron chi connectivity index (χ2n) is 2.96. The van der Waals surface area contributed by atoms with Gasteiger partial charge in [-0.3, -0.25) is 0 Å². The minimum atomic E-state index is -2.47. The molecule has 0 amide bonds. The van der Waals surface area contributed by atoms with Crippen molar-refractivity contribution in [3.63, 3.8) is 0 Å². The van der Waals surface area contributed by atoms with Gasteiger partial charge in [-0.15, -0.1) is 0 Å². The highest BCUT2D eigenvalue weighted by molar-refractivity contribution is 9.10. The fraction of sp³-hybridized carbons (Fsp3) is 0.364. The molecule has 0 saturated heterocycles. The lowest BCUT2D eigenvalue weighted by molar-refractivity contribution is 0.143. The zero-order chi connectivity index (χ0) is 12.3. The quantitative estimate of drug-likeness (QED) is 0.766. The van der Waals surface area contributed by atoms with Crippen LogP contribution in [0.2, 0.25) is 0 Å². The van der Waals surface area contributed by atoms with Crippen LogP contribution in [0.3, 0.4) is 0 Å². The van der Waals surface area contributed by atoms with E-state index in [9.17, 15) is 8.78 Å². The second kappa shape index (κ2) is 5.39. The predicted octanol–water partition coefficient (Wildman–Crippen LogP) is 4.30. The van der Waals surface area contributed by atoms with Gasteiger partial charge in [0.15, 0.2) is 0 Å². The molecular weight excluding hydrogens is 278 g/mol. The van der Waals surface area contributed by atoms with Crippen LogP contribution in [0.25, 0.3) is 11.0 Å². The van der Waals surface area contributed by atoms with Crippen molar-refractivity contribution in [2.75, 3.05) is 0 Å². The van der Waals surface area contributed by atoms with Gasteiger partial charge in [-0.1, -0.05) is 13.8 Å². The zero-order valence-corrected chi connectivity index (χ0v) is 10.9. The Balaban J connectivity index is 0.000000606. The number of fused-ring (bicyclic) bond motifs is 1. The van der Waals surface area contributed by atoms with E-state index in [0.29, 0.717) is 11.0 Å². The van der Waals surface area contributed by atoms with Gasteiger partial charge in [-0.25, -0.2) is 13.8 Å². The van der Waals surface area contributed by atoms with E-state index in [1.54, 1.807) is 19.3 Å². The summed E-state index contributed by atoms with van der Waals surface area (Å²) in [7, 11) is 1.59. The van der Waals surface area contributed by atoms with Crippen LogP contribution in [-0.2, 0) is 7.05 Å². The van der Waals surface area contributed by atoms with Gasteiger partial charge in [-0.05, 0) is 28.1 Å². The summed E-state index contributed by atoms with van der Waals surface area (Å²) in [5.74, 6) is 0. The number of halogens is 3. The van der Waals surface area contributed by atoms with Gasteiger partial charge < -0.3 is 4.57 Å². The molecule has 0 saturated carbocycles. The van der Waals surface area contributed by atoms with E-state index < -0.39 is 6.43 Å². The average Bonchev–Trinajstić information content (AvgIpc) is 2.61. The number of pyridine rings is 1. The van der Waals surface area contributed by atoms with Crippen molar-refractivity contribution in [2.45, 2.75) is 20.3 Å². The third-order valence-corrected chi connectivity index (χ3v) is 2.83. The molecule has 5 heteroatoms. The molecule has 0 aliphatic carbocycles. The molecule has 0 unspecified atom stereocenters. The molecule has 0 atom stereocenters. The lowest BCUT2D eigenvalue weighted by atomic mass is 10.3. The van der Waals surface area contributed by atoms with Crippen LogP contribution in [0.4, 0.5) is 8.78 Å². The smallest absolute Gasteiger partial charge is 0.278 e. The Morgan fingerprint density at radius 3 is 2.50 bits per heavy atom. The molecule has 0 bridgehead atoms. The van der Waals surface area contributed by atoms with Crippen LogP contribution in [0, 0.1) is 0 Å². The first-order valence-corrected chi connectivity index (χ1v) is 5.78. The van der Waals surface area contributed by atoms with Crippen molar-refractivity contribution in [1.82, 2.24) is 9.55 Å². The van der Waals surface area contributed by atoms with Gasteiger partial charge in [0.05, 0.1) is 5.69 Å². The molecular formula is C11H13BrF2N2. The van der Waals surface area contributed by atoms with E-state index in [4.69, 9.17) is 0 Å². The Labute approximate surface area is 101 Å². The Hall–Kier alpha value is -0.970. The number of nitrogens with zero attached hydrogens (tertiary/aromatic N) is 2. The zero-order valence-electron chi connectivity index (χ0n) is 9.34. The molecule has 16 heavy (non-hydrogen) atoms. The van der Waals surface area contributed by atoms with Crippen molar-refractivity contribution in [1.29, 1.82) is 0 Å². The molecule has 0 spiro atoms. The van der Waals surface area contributed by atoms with Crippen LogP contribution >= 0.6 is 15.9 Å². The molecule has 0 aliphatic heterocycles. The Kier molecular flexibility index (Phi) is 4.41. The van der Waals surface area contributed by atoms with Gasteiger partial charge in [-0.2, -0.15) is 0 Å². The van der Waals surface area contributed by atoms with Gasteiger partial charge >= 0.3 is 0 Å². The molecule has 2 aromatic rings. The van der Waals surface area contributed by atoms with Crippen LogP contribution in [-0.4, -0.2) is 9.55 Å². The number of alkyl halides is 2. The summed E-state index contributed by atoms with van der Waals surface area (Å²) in [4.78, 5) is 4.04. The Bertz CT molecular complexity index is 480. The number of aryl methyl sites for hydroxylation is 1. The van der Waals surface area contributed by atoms with Crippen molar-refractivity contribution in [3.8, 4) is 0 Å². The van der Waals surface area contributed by atoms with Crippen molar-refractivity contribution in [2.24, 2.45) is 7.05 Å². The third kappa shape index (κ3) is 2.24. The van der Waals surface area contributed by atoms with E-state index in [0.717, 1.165) is 4.47 Å². The van der Waals surface area contributed by atoms with E-state index in [1.807, 2.05) is 13.8 Å². The van der Waals surface area contributed by atoms with Crippen molar-refractivity contribution < 1.29 is 8.78 Å². The molecule has 0 aliphatic rings. The fourth-order valence-corrected chi connectivity index (χ4v) is 1.83. The summed E-state index contributed by atoms with van der Waals surface area (Å²) >= 11 is 3.30. The second-order valence-corrected chi connectivity index (χ2v) is 3.81. The number of hydrogen-bond acceptors (Lipinski definition) is 1. The number of hydrogen-bond donors (Lipinski definition) is 0. The van der Waals surface area contributed by atoms with Crippen molar-refractivity contribution in [3.05, 3.63) is 28.5 Å². The standard InChI is InChI=1S/C9H7BrF2N2.C2H6/c1-14-7(8(11)12)4-5-6(10)2-3-13-9(5)14;1-2/h2-4,8H,1H3;1-2H3. The largest absolute Gasteiger partial charge is 0.328 e. The fourth-order valence-electron chi connectivity index (χ4n) is 1.42. The summed E-state index contributed by atoms with van der Waals surface area (Å²) < 4.78 is 27.3. The van der Waals surface area contributed by atoms with Crippen LogP contribution in [0.1, 0.15) is 26.0 Å². The van der Waals surface area contributed by atoms with E-state index in [2.05, 4.69) is 20.9 Å². The average molecular weight is 291 g/mol. The SMILES string of the molecule is CC.Cn1c(C(F)F)cc2c(Br)ccnc21. The number of aromatic nitrogens is 2. The molecule has 0 N–H and O–H groups in total. The molecule has 2 heterocycles. The topological polar surface area (TPSA) is 17.8 Å². The highest BCUT2D eigenvalue weighted by Crippen LogP contribution is 2.29. The highest BCUT2D eigenvalue weighted by Gasteiger charge is 2.16. The maximum absolute atomic E-state index is 12.5. The predicted molar refractivity (Wildman–Crippen MR) is 64.7 cm³/mol. The minimum absolute atomic E-state index is 0.0144. The van der Waals surface area contributed by atoms with Crippen LogP contribution < -0.4 is 0 Å². The maximum atomic E-state index is 12.5. The number of rotatable bonds is 1. The summed E-state index contributed by atoms with van der Waals surface area (Å²) in [5, 5.41) is 0.713. The first kappa shape index (κ1) is 13.1. The Morgan fingerprint density at radius 2 is 2.00 bits per heavy atom. The summed E-state index contributed by atoms with van der Waals surface area (Å²) in [6, 6.07) is 3.19. The first-order valence-electron chi connectivity index (χ1n) is 4.99. The summed E-state index contributed by atoms with van der Waals surface area (Å²) in [6.45, 7) is 4.00.